The largest absolute Gasteiger partial charge is 0.495 e. The number of nitrogens with one attached hydrogen (secondary N) is 2. The van der Waals surface area contributed by atoms with Crippen LogP contribution < -0.4 is 43.1 Å². The monoisotopic (exact) mass is 845 g/mol. The molecule has 3 heterocycles. The Hall–Kier alpha value is -3.67. The number of benzene rings is 2. The van der Waals surface area contributed by atoms with Gasteiger partial charge in [0, 0.05) is 25.7 Å². The number of H-pyrrole nitrogens is 2. The number of nitrogens with two attached hydrogens (primary N) is 4. The van der Waals surface area contributed by atoms with Crippen LogP contribution in [0, 0.1) is 0 Å². The van der Waals surface area contributed by atoms with Crippen LogP contribution in [-0.2, 0) is 29.0 Å². The van der Waals surface area contributed by atoms with Crippen molar-refractivity contribution in [3.8, 4) is 5.75 Å². The fourth-order valence-corrected chi connectivity index (χ4v) is 8.07. The first-order valence-corrected chi connectivity index (χ1v) is 19.5. The number of rotatable bonds is 10. The Morgan fingerprint density at radius 2 is 1.34 bits per heavy atom. The molecule has 0 spiro atoms. The summed E-state index contributed by atoms with van der Waals surface area (Å²) in [5, 5.41) is 70.9. The molecule has 324 valence electrons. The molecule has 2 aromatic carbocycles. The van der Waals surface area contributed by atoms with Crippen molar-refractivity contribution in [1.29, 1.82) is 0 Å². The number of nitrogens with zero attached hydrogens (tertiary/aromatic N) is 1. The van der Waals surface area contributed by atoms with Crippen molar-refractivity contribution in [3.63, 3.8) is 0 Å². The average Bonchev–Trinajstić information content (AvgIpc) is 3.20. The number of ether oxygens (including phenoxy) is 5. The topological polar surface area (TPSA) is 395 Å². The highest BCUT2D eigenvalue weighted by Gasteiger charge is 2.51. The van der Waals surface area contributed by atoms with E-state index in [9.17, 15) is 53.8 Å². The molecule has 17 N–H and O–H groups in total. The van der Waals surface area contributed by atoms with Gasteiger partial charge in [0.1, 0.15) is 66.8 Å². The summed E-state index contributed by atoms with van der Waals surface area (Å²) in [5.74, 6) is 0.409. The number of methoxy groups -OCH3 is 1. The number of para-hydroxylation sites is 2. The highest BCUT2D eigenvalue weighted by atomic mass is 32.2. The van der Waals surface area contributed by atoms with E-state index in [0.717, 1.165) is 4.31 Å². The third kappa shape index (κ3) is 9.21. The number of hydrogen-bond acceptors (Lipinski definition) is 20. The van der Waals surface area contributed by atoms with Crippen molar-refractivity contribution in [2.45, 2.75) is 103 Å². The predicted octanol–water partition coefficient (Wildman–Crippen LogP) is -6.24. The van der Waals surface area contributed by atoms with E-state index in [-0.39, 0.29) is 23.4 Å². The van der Waals surface area contributed by atoms with Crippen molar-refractivity contribution < 1.29 is 67.8 Å². The fourth-order valence-electron chi connectivity index (χ4n) is 6.83. The molecule has 2 saturated heterocycles. The van der Waals surface area contributed by atoms with E-state index < -0.39 is 119 Å². The molecule has 1 aliphatic carbocycles. The molecule has 3 aliphatic rings. The second-order valence-electron chi connectivity index (χ2n) is 14.0. The van der Waals surface area contributed by atoms with Crippen LogP contribution in [-0.4, -0.2) is 173 Å². The zero-order valence-corrected chi connectivity index (χ0v) is 32.1. The van der Waals surface area contributed by atoms with Crippen LogP contribution in [0.3, 0.4) is 0 Å². The third-order valence-corrected chi connectivity index (χ3v) is 12.0. The van der Waals surface area contributed by atoms with Crippen LogP contribution >= 0.6 is 0 Å². The second kappa shape index (κ2) is 18.7. The number of sulfonamides is 1. The van der Waals surface area contributed by atoms with Gasteiger partial charge < -0.3 is 92.3 Å². The molecule has 2 aliphatic heterocycles. The van der Waals surface area contributed by atoms with E-state index in [0.29, 0.717) is 17.0 Å². The minimum Gasteiger partial charge on any atom is -0.495 e. The summed E-state index contributed by atoms with van der Waals surface area (Å²) in [7, 11) is -1.04. The normalized spacial score (nSPS) is 35.5. The zero-order valence-electron chi connectivity index (χ0n) is 31.3. The van der Waals surface area contributed by atoms with Gasteiger partial charge in [0.25, 0.3) is 10.0 Å². The molecule has 58 heavy (non-hydrogen) atoms. The fraction of sp³-hybridized carbons (Fsp3) is 0.588. The molecule has 23 nitrogen and oxygen atoms in total. The van der Waals surface area contributed by atoms with E-state index in [4.69, 9.17) is 46.6 Å². The molecule has 15 atom stereocenters. The first kappa shape index (κ1) is 45.4. The van der Waals surface area contributed by atoms with Crippen LogP contribution in [0.2, 0.25) is 0 Å². The van der Waals surface area contributed by atoms with E-state index in [1.165, 1.54) is 32.4 Å². The first-order valence-electron chi connectivity index (χ1n) is 18.0. The summed E-state index contributed by atoms with van der Waals surface area (Å²) < 4.78 is 54.3. The second-order valence-corrected chi connectivity index (χ2v) is 16.0. The summed E-state index contributed by atoms with van der Waals surface area (Å²) in [6.07, 6.45) is -16.5. The van der Waals surface area contributed by atoms with Gasteiger partial charge in [0.05, 0.1) is 41.4 Å². The van der Waals surface area contributed by atoms with E-state index in [1.807, 2.05) is 0 Å². The highest BCUT2D eigenvalue weighted by molar-refractivity contribution is 7.92. The minimum atomic E-state index is -3.90. The summed E-state index contributed by atoms with van der Waals surface area (Å²) in [6.45, 7) is -0.763. The lowest BCUT2D eigenvalue weighted by molar-refractivity contribution is -0.332. The molecule has 3 aromatic rings. The number of fused-ring (bicyclic) bond motifs is 1. The Labute approximate surface area is 330 Å². The van der Waals surface area contributed by atoms with Gasteiger partial charge >= 0.3 is 11.1 Å². The minimum absolute atomic E-state index is 0.0314. The van der Waals surface area contributed by atoms with Gasteiger partial charge in [0.2, 0.25) is 0 Å². The molecule has 1 saturated carbocycles. The SMILES string of the molecule is COc1ccccc1N(C)S(=O)(=O)c1ccc2[nH]c(=O)c(=O)[nH]c2c1.NC[C@H]1O[C@H](O[C@H]2[C@H](O)[C@@H](O[C@H]3O[C@H](CO)[C@@H](O)[C@H](N)[C@H]3O)[C@H](N)C[C@@H]2N)[C@H](O)[C@@H](O)[C@@H]1O. The van der Waals surface area contributed by atoms with Crippen LogP contribution in [0.15, 0.2) is 56.9 Å². The Balaban J connectivity index is 0.000000229. The molecular formula is C34H51N7O16S. The van der Waals surface area contributed by atoms with Crippen LogP contribution in [0.1, 0.15) is 6.42 Å². The standard InChI is InChI=1S/C18H36N4O11.C16H15N3O5S/c19-2-6-10(25)12(27)13(28)18(30-6)33-16-5(21)1-4(20)15(14(16)29)32-17-11(26)8(22)9(24)7(3-23)31-17;1-19(13-5-3-4-6-14(13)24-2)25(22,23)10-7-8-11-12(9-10)18-16(21)15(20)17-11/h4-18,23-29H,1-3,19-22H2;3-9H,1-2H3,(H,17,20)(H,18,21)/t4-,5+,6-,7-,8+,9-,10-,11-,12+,13-,14-,15+,16-,17-,18-;/m1./s1. The first-order chi connectivity index (χ1) is 27.3. The lowest BCUT2D eigenvalue weighted by Gasteiger charge is -2.48. The van der Waals surface area contributed by atoms with Crippen molar-refractivity contribution in [3.05, 3.63) is 63.2 Å². The van der Waals surface area contributed by atoms with Gasteiger partial charge in [-0.3, -0.25) is 13.9 Å². The number of anilines is 1. The lowest BCUT2D eigenvalue weighted by Crippen LogP contribution is -2.68. The van der Waals surface area contributed by atoms with Gasteiger partial charge in [0.15, 0.2) is 12.6 Å². The van der Waals surface area contributed by atoms with Crippen LogP contribution in [0.5, 0.6) is 5.75 Å². The van der Waals surface area contributed by atoms with Crippen molar-refractivity contribution >= 4 is 26.7 Å². The van der Waals surface area contributed by atoms with Crippen LogP contribution in [0.25, 0.3) is 11.0 Å². The molecule has 24 heteroatoms. The Kier molecular flexibility index (Phi) is 14.7. The quantitative estimate of drug-likeness (QED) is 0.0844. The summed E-state index contributed by atoms with van der Waals surface area (Å²) in [6, 6.07) is 7.94. The molecule has 1 aromatic heterocycles. The van der Waals surface area contributed by atoms with Gasteiger partial charge in [-0.15, -0.1) is 0 Å². The molecular weight excluding hydrogens is 794 g/mol. The van der Waals surface area contributed by atoms with Crippen molar-refractivity contribution in [2.75, 3.05) is 31.6 Å². The average molecular weight is 846 g/mol. The van der Waals surface area contributed by atoms with Crippen LogP contribution in [0.4, 0.5) is 5.69 Å². The maximum atomic E-state index is 12.9. The zero-order chi connectivity index (χ0) is 42.8. The van der Waals surface area contributed by atoms with Crippen molar-refractivity contribution in [1.82, 2.24) is 9.97 Å². The van der Waals surface area contributed by atoms with Gasteiger partial charge in [-0.05, 0) is 36.8 Å². The molecule has 0 amide bonds. The molecule has 0 bridgehead atoms. The third-order valence-electron chi connectivity index (χ3n) is 10.3. The van der Waals surface area contributed by atoms with E-state index in [1.54, 1.807) is 24.3 Å². The summed E-state index contributed by atoms with van der Waals surface area (Å²) in [4.78, 5) is 27.5. The lowest BCUT2D eigenvalue weighted by atomic mass is 9.84. The smallest absolute Gasteiger partial charge is 0.314 e. The van der Waals surface area contributed by atoms with E-state index in [2.05, 4.69) is 9.97 Å². The van der Waals surface area contributed by atoms with Gasteiger partial charge in [-0.1, -0.05) is 12.1 Å². The van der Waals surface area contributed by atoms with E-state index >= 15 is 0 Å². The Morgan fingerprint density at radius 1 is 0.776 bits per heavy atom. The Bertz CT molecular complexity index is 2020. The molecule has 0 radical (unpaired) electrons. The molecule has 0 unspecified atom stereocenters. The number of aromatic amines is 2. The van der Waals surface area contributed by atoms with Crippen molar-refractivity contribution in [2.24, 2.45) is 22.9 Å². The maximum Gasteiger partial charge on any atom is 0.314 e. The number of aliphatic hydroxyl groups excluding tert-OH is 7. The predicted molar refractivity (Wildman–Crippen MR) is 202 cm³/mol. The van der Waals surface area contributed by atoms with Gasteiger partial charge in [-0.2, -0.15) is 0 Å². The summed E-state index contributed by atoms with van der Waals surface area (Å²) >= 11 is 0. The number of aromatic nitrogens is 2. The highest BCUT2D eigenvalue weighted by Crippen LogP contribution is 2.33. The maximum absolute atomic E-state index is 12.9. The molecule has 6 rings (SSSR count). The molecule has 3 fully saturated rings. The number of aliphatic hydroxyl groups is 7. The number of hydrogen-bond donors (Lipinski definition) is 13. The van der Waals surface area contributed by atoms with Gasteiger partial charge in [-0.25, -0.2) is 8.42 Å². The summed E-state index contributed by atoms with van der Waals surface area (Å²) in [5.41, 5.74) is 22.8. The Morgan fingerprint density at radius 3 is 1.93 bits per heavy atom.